The molecule has 0 spiro atoms. The first kappa shape index (κ1) is 39.6. The Morgan fingerprint density at radius 2 is 0.500 bits per heavy atom. The van der Waals surface area contributed by atoms with Crippen molar-refractivity contribution in [2.45, 2.75) is 194 Å². The third-order valence-electron chi connectivity index (χ3n) is 8.88. The predicted molar refractivity (Wildman–Crippen MR) is 160 cm³/mol. The Balaban J connectivity index is 5.49. The van der Waals surface area contributed by atoms with Crippen molar-refractivity contribution >= 4 is 0 Å². The summed E-state index contributed by atoms with van der Waals surface area (Å²) in [6.45, 7) is 6.39. The zero-order chi connectivity index (χ0) is 30.0. The second-order valence-electron chi connectivity index (χ2n) is 12.3. The van der Waals surface area contributed by atoms with E-state index in [0.29, 0.717) is 19.3 Å². The molecule has 0 saturated carbocycles. The number of rotatable bonds is 30. The van der Waals surface area contributed by atoms with E-state index < -0.39 is 42.9 Å². The van der Waals surface area contributed by atoms with E-state index in [1.54, 1.807) is 0 Å². The third-order valence-corrected chi connectivity index (χ3v) is 8.88. The molecule has 0 aromatic carbocycles. The first-order valence-electron chi connectivity index (χ1n) is 17.2. The SMILES string of the molecule is CCCCCCCCCC(C(F)F)C(C(CCCCCCCCC)C(F)F)C(CCCCCCCCC)C(F)F. The maximum Gasteiger partial charge on any atom is 0.241 e. The summed E-state index contributed by atoms with van der Waals surface area (Å²) >= 11 is 0. The summed E-state index contributed by atoms with van der Waals surface area (Å²) in [5.74, 6) is -5.49. The van der Waals surface area contributed by atoms with Gasteiger partial charge in [0.05, 0.1) is 0 Å². The highest BCUT2D eigenvalue weighted by molar-refractivity contribution is 4.87. The van der Waals surface area contributed by atoms with Crippen LogP contribution in [0.4, 0.5) is 26.3 Å². The molecule has 242 valence electrons. The van der Waals surface area contributed by atoms with Gasteiger partial charge in [0.15, 0.2) is 0 Å². The molecule has 0 N–H and O–H groups in total. The van der Waals surface area contributed by atoms with E-state index in [4.69, 9.17) is 0 Å². The molecule has 0 nitrogen and oxygen atoms in total. The molecule has 0 rings (SSSR count). The van der Waals surface area contributed by atoms with Gasteiger partial charge < -0.3 is 0 Å². The molecule has 3 unspecified atom stereocenters. The second kappa shape index (κ2) is 27.4. The molecule has 0 saturated heterocycles. The van der Waals surface area contributed by atoms with Crippen molar-refractivity contribution in [3.8, 4) is 0 Å². The first-order valence-corrected chi connectivity index (χ1v) is 17.2. The summed E-state index contributed by atoms with van der Waals surface area (Å²) < 4.78 is 87.0. The molecule has 0 heterocycles. The molecule has 3 atom stereocenters. The minimum absolute atomic E-state index is 0.0661. The molecule has 6 heteroatoms. The summed E-state index contributed by atoms with van der Waals surface area (Å²) in [5.41, 5.74) is 0. The molecular weight excluding hydrogens is 522 g/mol. The van der Waals surface area contributed by atoms with E-state index in [-0.39, 0.29) is 19.3 Å². The van der Waals surface area contributed by atoms with Crippen LogP contribution in [0.2, 0.25) is 0 Å². The van der Waals surface area contributed by atoms with Gasteiger partial charge in [0.2, 0.25) is 19.3 Å². The molecule has 0 aromatic rings. The quantitative estimate of drug-likeness (QED) is 0.0580. The summed E-state index contributed by atoms with van der Waals surface area (Å²) in [6.07, 6.45) is 11.4. The lowest BCUT2D eigenvalue weighted by Crippen LogP contribution is -2.40. The lowest BCUT2D eigenvalue weighted by molar-refractivity contribution is -0.0898. The highest BCUT2D eigenvalue weighted by Gasteiger charge is 2.45. The van der Waals surface area contributed by atoms with Crippen LogP contribution in [0.3, 0.4) is 0 Å². The van der Waals surface area contributed by atoms with Crippen LogP contribution >= 0.6 is 0 Å². The van der Waals surface area contributed by atoms with Gasteiger partial charge in [-0.2, -0.15) is 0 Å². The summed E-state index contributed by atoms with van der Waals surface area (Å²) in [6, 6.07) is 0. The summed E-state index contributed by atoms with van der Waals surface area (Å²) in [7, 11) is 0. The molecule has 0 amide bonds. The minimum Gasteiger partial charge on any atom is -0.210 e. The Hall–Kier alpha value is -0.420. The number of unbranched alkanes of at least 4 members (excludes halogenated alkanes) is 18. The lowest BCUT2D eigenvalue weighted by Gasteiger charge is -2.39. The van der Waals surface area contributed by atoms with Crippen LogP contribution in [0.25, 0.3) is 0 Å². The van der Waals surface area contributed by atoms with E-state index in [1.165, 1.54) is 0 Å². The van der Waals surface area contributed by atoms with E-state index in [1.807, 2.05) is 0 Å². The first-order chi connectivity index (χ1) is 19.3. The van der Waals surface area contributed by atoms with Gasteiger partial charge in [-0.3, -0.25) is 0 Å². The molecule has 40 heavy (non-hydrogen) atoms. The molecule has 0 aliphatic carbocycles. The number of halogens is 6. The van der Waals surface area contributed by atoms with Crippen molar-refractivity contribution in [2.24, 2.45) is 23.7 Å². The van der Waals surface area contributed by atoms with Crippen LogP contribution in [0.5, 0.6) is 0 Å². The highest BCUT2D eigenvalue weighted by Crippen LogP contribution is 2.45. The van der Waals surface area contributed by atoms with E-state index >= 15 is 0 Å². The maximum absolute atomic E-state index is 14.5. The van der Waals surface area contributed by atoms with Crippen molar-refractivity contribution in [2.75, 3.05) is 0 Å². The Labute approximate surface area is 244 Å². The minimum atomic E-state index is -2.85. The Kier molecular flexibility index (Phi) is 27.1. The monoisotopic (exact) mass is 586 g/mol. The van der Waals surface area contributed by atoms with Crippen LogP contribution in [0, 0.1) is 23.7 Å². The average Bonchev–Trinajstić information content (AvgIpc) is 2.91. The normalized spacial score (nSPS) is 15.3. The van der Waals surface area contributed by atoms with Gasteiger partial charge in [0.25, 0.3) is 0 Å². The van der Waals surface area contributed by atoms with Gasteiger partial charge in [0, 0.05) is 17.8 Å². The Bertz CT molecular complexity index is 441. The average molecular weight is 587 g/mol. The molecular formula is C34H64F6. The van der Waals surface area contributed by atoms with Crippen molar-refractivity contribution in [3.05, 3.63) is 0 Å². The molecule has 0 aliphatic rings. The Morgan fingerprint density at radius 3 is 0.700 bits per heavy atom. The Morgan fingerprint density at radius 1 is 0.300 bits per heavy atom. The van der Waals surface area contributed by atoms with Gasteiger partial charge in [-0.05, 0) is 25.2 Å². The van der Waals surface area contributed by atoms with Crippen molar-refractivity contribution in [1.82, 2.24) is 0 Å². The topological polar surface area (TPSA) is 0 Å². The molecule has 0 aromatic heterocycles. The predicted octanol–water partition coefficient (Wildman–Crippen LogP) is 13.7. The highest BCUT2D eigenvalue weighted by atomic mass is 19.3. The van der Waals surface area contributed by atoms with Gasteiger partial charge in [-0.1, -0.05) is 156 Å². The molecule has 0 fully saturated rings. The van der Waals surface area contributed by atoms with Crippen LogP contribution < -0.4 is 0 Å². The van der Waals surface area contributed by atoms with Gasteiger partial charge in [-0.15, -0.1) is 0 Å². The van der Waals surface area contributed by atoms with Gasteiger partial charge in [-0.25, -0.2) is 26.3 Å². The second-order valence-corrected chi connectivity index (χ2v) is 12.3. The van der Waals surface area contributed by atoms with Crippen LogP contribution in [-0.2, 0) is 0 Å². The molecule has 0 aliphatic heterocycles. The van der Waals surface area contributed by atoms with Gasteiger partial charge >= 0.3 is 0 Å². The van der Waals surface area contributed by atoms with E-state index in [0.717, 1.165) is 116 Å². The van der Waals surface area contributed by atoms with Gasteiger partial charge in [0.1, 0.15) is 0 Å². The number of hydrogen-bond acceptors (Lipinski definition) is 0. The molecule has 0 radical (unpaired) electrons. The summed E-state index contributed by atoms with van der Waals surface area (Å²) in [5, 5.41) is 0. The fourth-order valence-corrected chi connectivity index (χ4v) is 6.42. The summed E-state index contributed by atoms with van der Waals surface area (Å²) in [4.78, 5) is 0. The van der Waals surface area contributed by atoms with E-state index in [9.17, 15) is 26.3 Å². The van der Waals surface area contributed by atoms with Crippen molar-refractivity contribution in [1.29, 1.82) is 0 Å². The van der Waals surface area contributed by atoms with Crippen molar-refractivity contribution < 1.29 is 26.3 Å². The standard InChI is InChI=1S/C34H64F6/c1-4-7-10-13-16-19-22-25-28(32(35)36)31(29(33(37)38)26-23-20-17-14-11-8-5-2)30(34(39)40)27-24-21-18-15-12-9-6-3/h28-34H,4-27H2,1-3H3. The zero-order valence-corrected chi connectivity index (χ0v) is 26.3. The van der Waals surface area contributed by atoms with Crippen LogP contribution in [-0.4, -0.2) is 19.3 Å². The van der Waals surface area contributed by atoms with E-state index in [2.05, 4.69) is 20.8 Å². The van der Waals surface area contributed by atoms with Crippen LogP contribution in [0.15, 0.2) is 0 Å². The maximum atomic E-state index is 14.5. The fraction of sp³-hybridized carbons (Fsp3) is 1.00. The van der Waals surface area contributed by atoms with Crippen molar-refractivity contribution in [3.63, 3.8) is 0 Å². The number of hydrogen-bond donors (Lipinski definition) is 0. The van der Waals surface area contributed by atoms with Crippen LogP contribution in [0.1, 0.15) is 175 Å². The smallest absolute Gasteiger partial charge is 0.210 e. The fourth-order valence-electron chi connectivity index (χ4n) is 6.42. The zero-order valence-electron chi connectivity index (χ0n) is 26.3. The number of alkyl halides is 6. The third kappa shape index (κ3) is 19.7. The lowest BCUT2D eigenvalue weighted by atomic mass is 9.68. The largest absolute Gasteiger partial charge is 0.241 e. The molecule has 0 bridgehead atoms.